The third kappa shape index (κ3) is 4.16. The number of nitrogens with zero attached hydrogens (tertiary/aromatic N) is 2. The highest BCUT2D eigenvalue weighted by molar-refractivity contribution is 6.33. The summed E-state index contributed by atoms with van der Waals surface area (Å²) in [4.78, 5) is 20.7. The third-order valence-electron chi connectivity index (χ3n) is 2.75. The summed E-state index contributed by atoms with van der Waals surface area (Å²) in [6.45, 7) is 4.61. The number of nitrogens with one attached hydrogen (secondary N) is 2. The molecule has 0 aliphatic carbocycles. The molecule has 1 aromatic heterocycles. The van der Waals surface area contributed by atoms with Gasteiger partial charge >= 0.3 is 0 Å². The molecule has 0 spiro atoms. The van der Waals surface area contributed by atoms with Crippen LogP contribution in [0.3, 0.4) is 0 Å². The molecule has 0 aliphatic heterocycles. The first-order chi connectivity index (χ1) is 10.1. The topological polar surface area (TPSA) is 66.9 Å². The number of amides is 1. The van der Waals surface area contributed by atoms with E-state index in [9.17, 15) is 4.79 Å². The third-order valence-corrected chi connectivity index (χ3v) is 3.08. The predicted molar refractivity (Wildman–Crippen MR) is 85.0 cm³/mol. The van der Waals surface area contributed by atoms with Crippen LogP contribution in [0.25, 0.3) is 0 Å². The first kappa shape index (κ1) is 15.3. The molecule has 0 bridgehead atoms. The number of para-hydroxylation sites is 1. The highest BCUT2D eigenvalue weighted by atomic mass is 35.5. The van der Waals surface area contributed by atoms with Crippen molar-refractivity contribution in [2.45, 2.75) is 20.3 Å². The molecule has 0 saturated heterocycles. The van der Waals surface area contributed by atoms with Crippen molar-refractivity contribution >= 4 is 29.0 Å². The number of anilines is 2. The molecule has 0 saturated carbocycles. The maximum Gasteiger partial charge on any atom is 0.274 e. The lowest BCUT2D eigenvalue weighted by Crippen LogP contribution is -2.16. The second-order valence-corrected chi connectivity index (χ2v) is 4.95. The standard InChI is InChI=1S/C15H17ClN4O/c1-3-8-17-14-9-13(18-10(2)19-14)15(21)20-12-7-5-4-6-11(12)16/h4-7,9H,3,8H2,1-2H3,(H,20,21)(H,17,18,19). The van der Waals surface area contributed by atoms with E-state index in [0.29, 0.717) is 28.0 Å². The molecule has 0 fully saturated rings. The lowest BCUT2D eigenvalue weighted by atomic mass is 10.3. The molecule has 0 atom stereocenters. The number of carbonyl (C=O) groups excluding carboxylic acids is 1. The largest absolute Gasteiger partial charge is 0.370 e. The Hall–Kier alpha value is -2.14. The second kappa shape index (κ2) is 7.04. The minimum Gasteiger partial charge on any atom is -0.370 e. The zero-order valence-corrected chi connectivity index (χ0v) is 12.7. The van der Waals surface area contributed by atoms with E-state index in [1.807, 2.05) is 0 Å². The quantitative estimate of drug-likeness (QED) is 0.887. The minimum atomic E-state index is -0.312. The second-order valence-electron chi connectivity index (χ2n) is 4.55. The number of hydrogen-bond acceptors (Lipinski definition) is 4. The summed E-state index contributed by atoms with van der Waals surface area (Å²) in [5.41, 5.74) is 0.865. The van der Waals surface area contributed by atoms with E-state index < -0.39 is 0 Å². The summed E-state index contributed by atoms with van der Waals surface area (Å²) in [7, 11) is 0. The van der Waals surface area contributed by atoms with E-state index >= 15 is 0 Å². The van der Waals surface area contributed by atoms with Crippen molar-refractivity contribution in [3.05, 3.63) is 46.9 Å². The monoisotopic (exact) mass is 304 g/mol. The molecule has 2 N–H and O–H groups in total. The van der Waals surface area contributed by atoms with Crippen LogP contribution >= 0.6 is 11.6 Å². The SMILES string of the molecule is CCCNc1cc(C(=O)Nc2ccccc2Cl)nc(C)n1. The molecular formula is C15H17ClN4O. The molecule has 5 nitrogen and oxygen atoms in total. The summed E-state index contributed by atoms with van der Waals surface area (Å²) >= 11 is 6.03. The zero-order chi connectivity index (χ0) is 15.2. The maximum absolute atomic E-state index is 12.3. The molecule has 1 aromatic carbocycles. The molecule has 2 rings (SSSR count). The van der Waals surface area contributed by atoms with Crippen LogP contribution < -0.4 is 10.6 Å². The average Bonchev–Trinajstić information content (AvgIpc) is 2.47. The van der Waals surface area contributed by atoms with E-state index in [1.165, 1.54) is 0 Å². The Morgan fingerprint density at radius 3 is 2.76 bits per heavy atom. The van der Waals surface area contributed by atoms with Crippen LogP contribution in [-0.2, 0) is 0 Å². The van der Waals surface area contributed by atoms with Gasteiger partial charge in [-0.3, -0.25) is 4.79 Å². The molecule has 1 heterocycles. The number of aryl methyl sites for hydroxylation is 1. The Balaban J connectivity index is 2.19. The van der Waals surface area contributed by atoms with Crippen molar-refractivity contribution in [2.75, 3.05) is 17.2 Å². The molecule has 110 valence electrons. The van der Waals surface area contributed by atoms with Gasteiger partial charge in [-0.1, -0.05) is 30.7 Å². The minimum absolute atomic E-state index is 0.307. The van der Waals surface area contributed by atoms with Gasteiger partial charge in [-0.05, 0) is 25.5 Å². The van der Waals surface area contributed by atoms with Crippen molar-refractivity contribution < 1.29 is 4.79 Å². The van der Waals surface area contributed by atoms with E-state index in [-0.39, 0.29) is 5.91 Å². The summed E-state index contributed by atoms with van der Waals surface area (Å²) in [5, 5.41) is 6.38. The molecule has 1 amide bonds. The van der Waals surface area contributed by atoms with Crippen LogP contribution in [0.15, 0.2) is 30.3 Å². The highest BCUT2D eigenvalue weighted by Gasteiger charge is 2.12. The number of rotatable bonds is 5. The summed E-state index contributed by atoms with van der Waals surface area (Å²) in [6.07, 6.45) is 0.976. The average molecular weight is 305 g/mol. The molecule has 0 radical (unpaired) electrons. The van der Waals surface area contributed by atoms with E-state index in [0.717, 1.165) is 13.0 Å². The molecular weight excluding hydrogens is 288 g/mol. The van der Waals surface area contributed by atoms with Gasteiger partial charge in [0.05, 0.1) is 10.7 Å². The van der Waals surface area contributed by atoms with Gasteiger partial charge in [0.2, 0.25) is 0 Å². The van der Waals surface area contributed by atoms with Gasteiger partial charge in [0.1, 0.15) is 17.3 Å². The maximum atomic E-state index is 12.3. The van der Waals surface area contributed by atoms with E-state index in [1.54, 1.807) is 37.3 Å². The number of carbonyl (C=O) groups is 1. The molecule has 0 unspecified atom stereocenters. The molecule has 2 aromatic rings. The number of aromatic nitrogens is 2. The van der Waals surface area contributed by atoms with Crippen molar-refractivity contribution in [1.82, 2.24) is 9.97 Å². The van der Waals surface area contributed by atoms with Crippen LogP contribution in [0.5, 0.6) is 0 Å². The number of hydrogen-bond donors (Lipinski definition) is 2. The molecule has 0 aliphatic rings. The lowest BCUT2D eigenvalue weighted by molar-refractivity contribution is 0.102. The zero-order valence-electron chi connectivity index (χ0n) is 12.0. The van der Waals surface area contributed by atoms with Gasteiger partial charge in [-0.15, -0.1) is 0 Å². The lowest BCUT2D eigenvalue weighted by Gasteiger charge is -2.09. The van der Waals surface area contributed by atoms with Crippen LogP contribution in [0.1, 0.15) is 29.7 Å². The smallest absolute Gasteiger partial charge is 0.274 e. The number of halogens is 1. The summed E-state index contributed by atoms with van der Waals surface area (Å²) in [5.74, 6) is 0.877. The Morgan fingerprint density at radius 1 is 1.29 bits per heavy atom. The summed E-state index contributed by atoms with van der Waals surface area (Å²) < 4.78 is 0. The van der Waals surface area contributed by atoms with Crippen molar-refractivity contribution in [3.63, 3.8) is 0 Å². The van der Waals surface area contributed by atoms with Gasteiger partial charge < -0.3 is 10.6 Å². The van der Waals surface area contributed by atoms with Crippen LogP contribution in [0.4, 0.5) is 11.5 Å². The molecule has 21 heavy (non-hydrogen) atoms. The van der Waals surface area contributed by atoms with E-state index in [2.05, 4.69) is 27.5 Å². The van der Waals surface area contributed by atoms with E-state index in [4.69, 9.17) is 11.6 Å². The first-order valence-corrected chi connectivity index (χ1v) is 7.13. The summed E-state index contributed by atoms with van der Waals surface area (Å²) in [6, 6.07) is 8.70. The fourth-order valence-electron chi connectivity index (χ4n) is 1.78. The normalized spacial score (nSPS) is 10.2. The predicted octanol–water partition coefficient (Wildman–Crippen LogP) is 3.51. The van der Waals surface area contributed by atoms with Crippen LogP contribution in [0.2, 0.25) is 5.02 Å². The van der Waals surface area contributed by atoms with Gasteiger partial charge in [-0.2, -0.15) is 0 Å². The van der Waals surface area contributed by atoms with Crippen molar-refractivity contribution in [1.29, 1.82) is 0 Å². The fourth-order valence-corrected chi connectivity index (χ4v) is 1.96. The van der Waals surface area contributed by atoms with Gasteiger partial charge in [-0.25, -0.2) is 9.97 Å². The van der Waals surface area contributed by atoms with Gasteiger partial charge in [0.15, 0.2) is 0 Å². The van der Waals surface area contributed by atoms with Gasteiger partial charge in [0.25, 0.3) is 5.91 Å². The Kier molecular flexibility index (Phi) is 5.11. The molecule has 6 heteroatoms. The van der Waals surface area contributed by atoms with Crippen molar-refractivity contribution in [3.8, 4) is 0 Å². The Labute approximate surface area is 128 Å². The van der Waals surface area contributed by atoms with Crippen LogP contribution in [-0.4, -0.2) is 22.4 Å². The van der Waals surface area contributed by atoms with Gasteiger partial charge in [0, 0.05) is 12.6 Å². The van der Waals surface area contributed by atoms with Crippen LogP contribution in [0, 0.1) is 6.92 Å². The number of benzene rings is 1. The Bertz CT molecular complexity index is 645. The first-order valence-electron chi connectivity index (χ1n) is 6.75. The Morgan fingerprint density at radius 2 is 2.05 bits per heavy atom. The highest BCUT2D eigenvalue weighted by Crippen LogP contribution is 2.21. The van der Waals surface area contributed by atoms with Crippen molar-refractivity contribution in [2.24, 2.45) is 0 Å². The fraction of sp³-hybridized carbons (Fsp3) is 0.267.